The standard InChI is InChI=1S/C25H27N3O5S/c29-25(9-10-26-34(30,31)22-7-6-20-3-1-2-4-21(20)16-22)28-13-11-27(12-14-28)17-19-5-8-23-24(15-19)33-18-32-23/h1-8,15-16,26H,9-14,17-18H2. The van der Waals surface area contributed by atoms with Crippen LogP contribution in [0, 0.1) is 0 Å². The third kappa shape index (κ3) is 5.01. The molecule has 3 aromatic carbocycles. The van der Waals surface area contributed by atoms with Crippen LogP contribution >= 0.6 is 0 Å². The first-order valence-electron chi connectivity index (χ1n) is 11.4. The molecule has 0 bridgehead atoms. The van der Waals surface area contributed by atoms with Gasteiger partial charge < -0.3 is 14.4 Å². The summed E-state index contributed by atoms with van der Waals surface area (Å²) in [4.78, 5) is 16.9. The SMILES string of the molecule is O=C(CCNS(=O)(=O)c1ccc2ccccc2c1)N1CCN(Cc2ccc3c(c2)OCO3)CC1. The number of sulfonamides is 1. The smallest absolute Gasteiger partial charge is 0.240 e. The highest BCUT2D eigenvalue weighted by molar-refractivity contribution is 7.89. The van der Waals surface area contributed by atoms with Gasteiger partial charge in [0.1, 0.15) is 0 Å². The lowest BCUT2D eigenvalue weighted by Gasteiger charge is -2.34. The quantitative estimate of drug-likeness (QED) is 0.558. The minimum atomic E-state index is -3.67. The van der Waals surface area contributed by atoms with Crippen molar-refractivity contribution in [3.05, 3.63) is 66.2 Å². The van der Waals surface area contributed by atoms with E-state index in [1.165, 1.54) is 0 Å². The van der Waals surface area contributed by atoms with Gasteiger partial charge in [0.15, 0.2) is 11.5 Å². The van der Waals surface area contributed by atoms with Gasteiger partial charge in [-0.05, 0) is 40.6 Å². The Morgan fingerprint density at radius 3 is 2.47 bits per heavy atom. The van der Waals surface area contributed by atoms with Crippen molar-refractivity contribution in [2.24, 2.45) is 0 Å². The molecular weight excluding hydrogens is 454 g/mol. The number of benzene rings is 3. The maximum absolute atomic E-state index is 12.7. The van der Waals surface area contributed by atoms with E-state index in [2.05, 4.69) is 9.62 Å². The van der Waals surface area contributed by atoms with Gasteiger partial charge in [-0.25, -0.2) is 13.1 Å². The van der Waals surface area contributed by atoms with Crippen molar-refractivity contribution < 1.29 is 22.7 Å². The predicted molar refractivity (Wildman–Crippen MR) is 128 cm³/mol. The van der Waals surface area contributed by atoms with Crippen LogP contribution in [0.15, 0.2) is 65.6 Å². The Balaban J connectivity index is 1.09. The van der Waals surface area contributed by atoms with Crippen LogP contribution in [0.1, 0.15) is 12.0 Å². The topological polar surface area (TPSA) is 88.2 Å². The lowest BCUT2D eigenvalue weighted by molar-refractivity contribution is -0.132. The zero-order valence-electron chi connectivity index (χ0n) is 18.8. The fourth-order valence-electron chi connectivity index (χ4n) is 4.32. The molecule has 2 aliphatic rings. The second-order valence-corrected chi connectivity index (χ2v) is 10.3. The number of fused-ring (bicyclic) bond motifs is 2. The van der Waals surface area contributed by atoms with Crippen molar-refractivity contribution in [3.8, 4) is 11.5 Å². The highest BCUT2D eigenvalue weighted by Crippen LogP contribution is 2.32. The number of ether oxygens (including phenoxy) is 2. The van der Waals surface area contributed by atoms with Gasteiger partial charge in [0.25, 0.3) is 0 Å². The Labute approximate surface area is 199 Å². The third-order valence-electron chi connectivity index (χ3n) is 6.23. The van der Waals surface area contributed by atoms with Gasteiger partial charge in [0.05, 0.1) is 4.90 Å². The molecule has 0 unspecified atom stereocenters. The molecule has 2 aliphatic heterocycles. The molecule has 0 saturated carbocycles. The molecule has 0 spiro atoms. The molecule has 9 heteroatoms. The molecule has 8 nitrogen and oxygen atoms in total. The molecule has 3 aromatic rings. The van der Waals surface area contributed by atoms with E-state index in [1.807, 2.05) is 42.5 Å². The number of hydrogen-bond donors (Lipinski definition) is 1. The first kappa shape index (κ1) is 22.6. The van der Waals surface area contributed by atoms with Crippen LogP contribution in [-0.2, 0) is 21.4 Å². The molecule has 2 heterocycles. The van der Waals surface area contributed by atoms with Crippen LogP contribution in [-0.4, -0.2) is 63.6 Å². The molecule has 5 rings (SSSR count). The Morgan fingerprint density at radius 2 is 1.65 bits per heavy atom. The molecule has 0 aromatic heterocycles. The Bertz CT molecular complexity index is 1300. The van der Waals surface area contributed by atoms with E-state index >= 15 is 0 Å². The van der Waals surface area contributed by atoms with Gasteiger partial charge >= 0.3 is 0 Å². The summed E-state index contributed by atoms with van der Waals surface area (Å²) in [6, 6.07) is 18.6. The van der Waals surface area contributed by atoms with Crippen molar-refractivity contribution in [2.75, 3.05) is 39.5 Å². The second-order valence-electron chi connectivity index (χ2n) is 8.50. The minimum Gasteiger partial charge on any atom is -0.454 e. The van der Waals surface area contributed by atoms with Crippen molar-refractivity contribution in [3.63, 3.8) is 0 Å². The van der Waals surface area contributed by atoms with Gasteiger partial charge in [0.2, 0.25) is 22.7 Å². The summed E-state index contributed by atoms with van der Waals surface area (Å²) < 4.78 is 38.7. The maximum Gasteiger partial charge on any atom is 0.240 e. The largest absolute Gasteiger partial charge is 0.454 e. The van der Waals surface area contributed by atoms with Gasteiger partial charge in [-0.1, -0.05) is 36.4 Å². The van der Waals surface area contributed by atoms with Crippen molar-refractivity contribution in [2.45, 2.75) is 17.9 Å². The lowest BCUT2D eigenvalue weighted by atomic mass is 10.1. The van der Waals surface area contributed by atoms with E-state index in [4.69, 9.17) is 9.47 Å². The van der Waals surface area contributed by atoms with Crippen LogP contribution in [0.2, 0.25) is 0 Å². The number of nitrogens with zero attached hydrogens (tertiary/aromatic N) is 2. The Hall–Kier alpha value is -3.14. The van der Waals surface area contributed by atoms with Crippen molar-refractivity contribution in [1.29, 1.82) is 0 Å². The summed E-state index contributed by atoms with van der Waals surface area (Å²) in [6.45, 7) is 3.90. The number of carbonyl (C=O) groups is 1. The number of hydrogen-bond acceptors (Lipinski definition) is 6. The predicted octanol–water partition coefficient (Wildman–Crippen LogP) is 2.58. The highest BCUT2D eigenvalue weighted by Gasteiger charge is 2.23. The molecule has 1 saturated heterocycles. The molecule has 34 heavy (non-hydrogen) atoms. The number of nitrogens with one attached hydrogen (secondary N) is 1. The molecule has 178 valence electrons. The van der Waals surface area contributed by atoms with Gasteiger partial charge in [-0.15, -0.1) is 0 Å². The molecule has 1 fully saturated rings. The maximum atomic E-state index is 12.7. The van der Waals surface area contributed by atoms with Crippen molar-refractivity contribution >= 4 is 26.7 Å². The van der Waals surface area contributed by atoms with Crippen molar-refractivity contribution in [1.82, 2.24) is 14.5 Å². The molecule has 0 atom stereocenters. The molecule has 1 amide bonds. The van der Waals surface area contributed by atoms with E-state index in [9.17, 15) is 13.2 Å². The molecule has 0 aliphatic carbocycles. The molecule has 0 radical (unpaired) electrons. The van der Waals surface area contributed by atoms with E-state index in [1.54, 1.807) is 23.1 Å². The summed E-state index contributed by atoms with van der Waals surface area (Å²) in [5.41, 5.74) is 1.15. The van der Waals surface area contributed by atoms with Crippen LogP contribution in [0.5, 0.6) is 11.5 Å². The second kappa shape index (κ2) is 9.61. The fraction of sp³-hybridized carbons (Fsp3) is 0.320. The summed E-state index contributed by atoms with van der Waals surface area (Å²) >= 11 is 0. The number of piperazine rings is 1. The summed E-state index contributed by atoms with van der Waals surface area (Å²) in [5.74, 6) is 1.51. The number of carbonyl (C=O) groups excluding carboxylic acids is 1. The van der Waals surface area contributed by atoms with E-state index in [-0.39, 0.29) is 30.6 Å². The van der Waals surface area contributed by atoms with E-state index in [0.717, 1.165) is 47.5 Å². The normalized spacial score (nSPS) is 16.2. The fourth-order valence-corrected chi connectivity index (χ4v) is 5.39. The summed E-state index contributed by atoms with van der Waals surface area (Å²) in [5, 5.41) is 1.84. The van der Waals surface area contributed by atoms with Crippen LogP contribution in [0.25, 0.3) is 10.8 Å². The van der Waals surface area contributed by atoms with Crippen LogP contribution < -0.4 is 14.2 Å². The number of rotatable bonds is 7. The zero-order chi connectivity index (χ0) is 23.5. The number of amides is 1. The Morgan fingerprint density at radius 1 is 0.882 bits per heavy atom. The van der Waals surface area contributed by atoms with Crippen LogP contribution in [0.4, 0.5) is 0 Å². The van der Waals surface area contributed by atoms with E-state index in [0.29, 0.717) is 13.1 Å². The summed E-state index contributed by atoms with van der Waals surface area (Å²) in [7, 11) is -3.67. The molecular formula is C25H27N3O5S. The third-order valence-corrected chi connectivity index (χ3v) is 7.69. The summed E-state index contributed by atoms with van der Waals surface area (Å²) in [6.07, 6.45) is 0.134. The van der Waals surface area contributed by atoms with Gasteiger partial charge in [-0.3, -0.25) is 9.69 Å². The average Bonchev–Trinajstić information content (AvgIpc) is 3.32. The monoisotopic (exact) mass is 481 g/mol. The first-order valence-corrected chi connectivity index (χ1v) is 12.8. The van der Waals surface area contributed by atoms with Gasteiger partial charge in [-0.2, -0.15) is 0 Å². The zero-order valence-corrected chi connectivity index (χ0v) is 19.6. The Kier molecular flexibility index (Phi) is 6.40. The molecule has 1 N–H and O–H groups in total. The highest BCUT2D eigenvalue weighted by atomic mass is 32.2. The van der Waals surface area contributed by atoms with Crippen LogP contribution in [0.3, 0.4) is 0 Å². The minimum absolute atomic E-state index is 0.0380. The van der Waals surface area contributed by atoms with E-state index < -0.39 is 10.0 Å². The lowest BCUT2D eigenvalue weighted by Crippen LogP contribution is -2.48. The average molecular weight is 482 g/mol. The van der Waals surface area contributed by atoms with Gasteiger partial charge in [0, 0.05) is 45.7 Å². The first-order chi connectivity index (χ1) is 16.5.